The minimum atomic E-state index is -3.63. The van der Waals surface area contributed by atoms with Crippen molar-refractivity contribution in [3.63, 3.8) is 0 Å². The Morgan fingerprint density at radius 1 is 1.18 bits per heavy atom. The Morgan fingerprint density at radius 2 is 1.85 bits per heavy atom. The molecular formula is C24H35N5O4S. The molecule has 0 saturated carbocycles. The van der Waals surface area contributed by atoms with Crippen molar-refractivity contribution in [3.05, 3.63) is 40.7 Å². The number of benzene rings is 1. The van der Waals surface area contributed by atoms with Gasteiger partial charge in [0.15, 0.2) is 0 Å². The molecule has 0 unspecified atom stereocenters. The minimum Gasteiger partial charge on any atom is -0.354 e. The van der Waals surface area contributed by atoms with E-state index in [0.29, 0.717) is 37.3 Å². The maximum Gasteiger partial charge on any atom is 0.243 e. The first kappa shape index (κ1) is 25.9. The number of nitrogens with one attached hydrogen (secondary N) is 1. The van der Waals surface area contributed by atoms with E-state index in [2.05, 4.69) is 10.4 Å². The lowest BCUT2D eigenvalue weighted by molar-refractivity contribution is -0.125. The van der Waals surface area contributed by atoms with E-state index in [1.807, 2.05) is 25.5 Å². The van der Waals surface area contributed by atoms with Crippen LogP contribution < -0.4 is 10.2 Å². The van der Waals surface area contributed by atoms with E-state index in [9.17, 15) is 18.0 Å². The minimum absolute atomic E-state index is 0.179. The summed E-state index contributed by atoms with van der Waals surface area (Å²) < 4.78 is 29.2. The topological polar surface area (TPSA) is 105 Å². The van der Waals surface area contributed by atoms with Gasteiger partial charge in [-0.3, -0.25) is 19.2 Å². The van der Waals surface area contributed by atoms with Crippen molar-refractivity contribution in [1.29, 1.82) is 0 Å². The number of fused-ring (bicyclic) bond motifs is 1. The number of rotatable bonds is 9. The van der Waals surface area contributed by atoms with E-state index in [1.54, 1.807) is 26.0 Å². The molecule has 2 aromatic rings. The molecule has 1 aliphatic heterocycles. The largest absolute Gasteiger partial charge is 0.354 e. The number of anilines is 1. The number of aryl methyl sites for hydroxylation is 2. The third-order valence-corrected chi connectivity index (χ3v) is 8.57. The number of nitrogens with zero attached hydrogens (tertiary/aromatic N) is 4. The lowest BCUT2D eigenvalue weighted by atomic mass is 10.1. The average molecular weight is 490 g/mol. The number of carbonyl (C=O) groups is 2. The molecule has 0 saturated heterocycles. The summed E-state index contributed by atoms with van der Waals surface area (Å²) in [5.74, 6) is -0.507. The number of amides is 2. The summed E-state index contributed by atoms with van der Waals surface area (Å²) in [4.78, 5) is 27.2. The zero-order chi connectivity index (χ0) is 25.2. The van der Waals surface area contributed by atoms with Crippen molar-refractivity contribution < 1.29 is 18.0 Å². The first-order valence-corrected chi connectivity index (χ1v) is 13.2. The molecule has 1 aromatic carbocycles. The van der Waals surface area contributed by atoms with E-state index in [0.717, 1.165) is 23.5 Å². The molecule has 10 heteroatoms. The van der Waals surface area contributed by atoms with E-state index < -0.39 is 16.1 Å². The number of carbonyl (C=O) groups excluding carboxylic acids is 2. The fraction of sp³-hybridized carbons (Fsp3) is 0.542. The summed E-state index contributed by atoms with van der Waals surface area (Å²) in [6, 6.07) is 4.03. The fourth-order valence-corrected chi connectivity index (χ4v) is 6.24. The second-order valence-corrected chi connectivity index (χ2v) is 10.4. The molecule has 0 fully saturated rings. The molecule has 1 N–H and O–H groups in total. The maximum atomic E-state index is 13.1. The Morgan fingerprint density at radius 3 is 2.41 bits per heavy atom. The quantitative estimate of drug-likeness (QED) is 0.581. The van der Waals surface area contributed by atoms with Crippen LogP contribution in [-0.2, 0) is 39.0 Å². The zero-order valence-electron chi connectivity index (χ0n) is 20.9. The normalized spacial score (nSPS) is 15.6. The lowest BCUT2D eigenvalue weighted by Gasteiger charge is -2.23. The van der Waals surface area contributed by atoms with Gasteiger partial charge in [-0.1, -0.05) is 13.8 Å². The van der Waals surface area contributed by atoms with Crippen molar-refractivity contribution in [3.8, 4) is 0 Å². The van der Waals surface area contributed by atoms with Crippen LogP contribution in [0.1, 0.15) is 50.2 Å². The highest BCUT2D eigenvalue weighted by molar-refractivity contribution is 7.89. The van der Waals surface area contributed by atoms with Crippen molar-refractivity contribution in [2.24, 2.45) is 0 Å². The van der Waals surface area contributed by atoms with Crippen LogP contribution in [0.15, 0.2) is 23.1 Å². The fourth-order valence-electron chi connectivity index (χ4n) is 4.73. The highest BCUT2D eigenvalue weighted by Gasteiger charge is 2.38. The molecule has 186 valence electrons. The first-order valence-electron chi connectivity index (χ1n) is 11.8. The number of hydrogen-bond acceptors (Lipinski definition) is 5. The molecular weight excluding hydrogens is 454 g/mol. The molecule has 2 heterocycles. The molecule has 0 bridgehead atoms. The van der Waals surface area contributed by atoms with Crippen LogP contribution in [0.2, 0.25) is 0 Å². The van der Waals surface area contributed by atoms with Crippen molar-refractivity contribution in [2.45, 2.75) is 71.9 Å². The second kappa shape index (κ2) is 10.3. The summed E-state index contributed by atoms with van der Waals surface area (Å²) in [7, 11) is -3.63. The monoisotopic (exact) mass is 489 g/mol. The lowest BCUT2D eigenvalue weighted by Crippen LogP contribution is -2.47. The van der Waals surface area contributed by atoms with Gasteiger partial charge in [0.1, 0.15) is 6.04 Å². The predicted molar refractivity (Wildman–Crippen MR) is 131 cm³/mol. The van der Waals surface area contributed by atoms with Crippen LogP contribution in [0.5, 0.6) is 0 Å². The van der Waals surface area contributed by atoms with E-state index >= 15 is 0 Å². The summed E-state index contributed by atoms with van der Waals surface area (Å²) in [6.45, 7) is 13.0. The molecule has 1 aromatic heterocycles. The number of hydrogen-bond donors (Lipinski definition) is 1. The Bertz CT molecular complexity index is 1180. The summed E-state index contributed by atoms with van der Waals surface area (Å²) in [5, 5.41) is 7.48. The molecule has 2 amide bonds. The van der Waals surface area contributed by atoms with Crippen LogP contribution in [0, 0.1) is 13.8 Å². The van der Waals surface area contributed by atoms with Crippen LogP contribution in [-0.4, -0.2) is 60.0 Å². The molecule has 0 aliphatic carbocycles. The van der Waals surface area contributed by atoms with Gasteiger partial charge < -0.3 is 5.32 Å². The van der Waals surface area contributed by atoms with Gasteiger partial charge in [0.05, 0.1) is 10.6 Å². The molecule has 1 atom stereocenters. The van der Waals surface area contributed by atoms with Crippen LogP contribution in [0.3, 0.4) is 0 Å². The average Bonchev–Trinajstić information content (AvgIpc) is 3.31. The molecule has 9 nitrogen and oxygen atoms in total. The Labute approximate surface area is 202 Å². The Hall–Kier alpha value is -2.72. The highest BCUT2D eigenvalue weighted by atomic mass is 32.2. The third kappa shape index (κ3) is 4.74. The van der Waals surface area contributed by atoms with Gasteiger partial charge in [0.2, 0.25) is 21.8 Å². The van der Waals surface area contributed by atoms with Crippen molar-refractivity contribution >= 4 is 27.5 Å². The van der Waals surface area contributed by atoms with Gasteiger partial charge in [-0.25, -0.2) is 8.42 Å². The van der Waals surface area contributed by atoms with Crippen LogP contribution in [0.25, 0.3) is 0 Å². The van der Waals surface area contributed by atoms with Gasteiger partial charge in [-0.2, -0.15) is 9.40 Å². The van der Waals surface area contributed by atoms with Crippen LogP contribution in [0.4, 0.5) is 5.69 Å². The van der Waals surface area contributed by atoms with Gasteiger partial charge in [-0.15, -0.1) is 0 Å². The SMILES string of the molecule is CCN(CC)S(=O)(=O)c1ccc2c(c1)C[C@@H](C(=O)NCCc1c(C)nn(CC)c1C)N2C(C)=O. The zero-order valence-corrected chi connectivity index (χ0v) is 21.7. The number of aromatic nitrogens is 2. The molecule has 0 radical (unpaired) electrons. The standard InChI is InChI=1S/C24H35N5O4S/c1-7-27(8-2)34(32,33)20-10-11-22-19(14-20)15-23(29(22)18(6)30)24(31)25-13-12-21-16(4)26-28(9-3)17(21)5/h10-11,14,23H,7-9,12-13,15H2,1-6H3,(H,25,31)/t23-/m0/s1. The third-order valence-electron chi connectivity index (χ3n) is 6.53. The Balaban J connectivity index is 1.77. The van der Waals surface area contributed by atoms with E-state index in [-0.39, 0.29) is 23.1 Å². The maximum absolute atomic E-state index is 13.1. The van der Waals surface area contributed by atoms with E-state index in [1.165, 1.54) is 22.2 Å². The Kier molecular flexibility index (Phi) is 7.82. The predicted octanol–water partition coefficient (Wildman–Crippen LogP) is 2.19. The highest BCUT2D eigenvalue weighted by Crippen LogP contribution is 2.35. The molecule has 0 spiro atoms. The summed E-state index contributed by atoms with van der Waals surface area (Å²) in [6.07, 6.45) is 0.920. The van der Waals surface area contributed by atoms with E-state index in [4.69, 9.17) is 0 Å². The van der Waals surface area contributed by atoms with Crippen molar-refractivity contribution in [1.82, 2.24) is 19.4 Å². The number of sulfonamides is 1. The van der Waals surface area contributed by atoms with Gasteiger partial charge in [0.25, 0.3) is 0 Å². The first-order chi connectivity index (χ1) is 16.1. The molecule has 1 aliphatic rings. The summed E-state index contributed by atoms with van der Waals surface area (Å²) >= 11 is 0. The van der Waals surface area contributed by atoms with Gasteiger partial charge in [-0.05, 0) is 56.5 Å². The second-order valence-electron chi connectivity index (χ2n) is 8.49. The summed E-state index contributed by atoms with van der Waals surface area (Å²) in [5.41, 5.74) is 4.43. The van der Waals surface area contributed by atoms with Gasteiger partial charge >= 0.3 is 0 Å². The molecule has 34 heavy (non-hydrogen) atoms. The van der Waals surface area contributed by atoms with Gasteiger partial charge in [0, 0.05) is 50.9 Å². The smallest absolute Gasteiger partial charge is 0.243 e. The van der Waals surface area contributed by atoms with Crippen LogP contribution >= 0.6 is 0 Å². The van der Waals surface area contributed by atoms with Crippen molar-refractivity contribution in [2.75, 3.05) is 24.5 Å². The molecule has 3 rings (SSSR count).